The average Bonchev–Trinajstić information content (AvgIpc) is 2.50. The van der Waals surface area contributed by atoms with Gasteiger partial charge in [-0.15, -0.1) is 0 Å². The normalized spacial score (nSPS) is 17.9. The van der Waals surface area contributed by atoms with Gasteiger partial charge in [-0.1, -0.05) is 42.5 Å². The van der Waals surface area contributed by atoms with Gasteiger partial charge in [0, 0.05) is 13.1 Å². The lowest BCUT2D eigenvalue weighted by Crippen LogP contribution is -2.38. The summed E-state index contributed by atoms with van der Waals surface area (Å²) in [5.74, 6) is 0.787. The number of aliphatic hydroxyl groups excluding tert-OH is 1. The summed E-state index contributed by atoms with van der Waals surface area (Å²) in [4.78, 5) is 2.35. The van der Waals surface area contributed by atoms with Crippen LogP contribution in [-0.4, -0.2) is 49.3 Å². The van der Waals surface area contributed by atoms with Gasteiger partial charge in [0.15, 0.2) is 0 Å². The molecule has 0 amide bonds. The highest BCUT2D eigenvalue weighted by atomic mass is 16.3. The topological polar surface area (TPSA) is 35.5 Å². The summed E-state index contributed by atoms with van der Waals surface area (Å²) < 4.78 is 0. The minimum absolute atomic E-state index is 0.285. The highest BCUT2D eigenvalue weighted by Gasteiger charge is 2.17. The molecule has 3 heteroatoms. The van der Waals surface area contributed by atoms with Gasteiger partial charge in [0.05, 0.1) is 6.61 Å². The van der Waals surface area contributed by atoms with E-state index in [-0.39, 0.29) is 6.61 Å². The van der Waals surface area contributed by atoms with Crippen molar-refractivity contribution in [3.05, 3.63) is 42.0 Å². The third-order valence-corrected chi connectivity index (χ3v) is 3.93. The fourth-order valence-corrected chi connectivity index (χ4v) is 2.69. The van der Waals surface area contributed by atoms with E-state index < -0.39 is 0 Å². The van der Waals surface area contributed by atoms with Crippen molar-refractivity contribution in [3.63, 3.8) is 0 Å². The van der Waals surface area contributed by atoms with Gasteiger partial charge in [-0.3, -0.25) is 0 Å². The molecule has 0 radical (unpaired) electrons. The predicted molar refractivity (Wildman–Crippen MR) is 84.6 cm³/mol. The van der Waals surface area contributed by atoms with Crippen molar-refractivity contribution in [2.75, 3.05) is 39.3 Å². The largest absolute Gasteiger partial charge is 0.395 e. The van der Waals surface area contributed by atoms with Crippen LogP contribution in [0.3, 0.4) is 0 Å². The van der Waals surface area contributed by atoms with Crippen LogP contribution in [0.5, 0.6) is 0 Å². The van der Waals surface area contributed by atoms with Gasteiger partial charge >= 0.3 is 0 Å². The number of rotatable bonds is 7. The second-order valence-electron chi connectivity index (χ2n) is 5.48. The molecule has 1 saturated heterocycles. The summed E-state index contributed by atoms with van der Waals surface area (Å²) >= 11 is 0. The van der Waals surface area contributed by atoms with Crippen molar-refractivity contribution in [1.82, 2.24) is 10.2 Å². The minimum atomic E-state index is 0.285. The first kappa shape index (κ1) is 15.2. The van der Waals surface area contributed by atoms with Gasteiger partial charge in [-0.05, 0) is 44.0 Å². The fourth-order valence-electron chi connectivity index (χ4n) is 2.69. The third kappa shape index (κ3) is 5.45. The van der Waals surface area contributed by atoms with Crippen LogP contribution >= 0.6 is 0 Å². The van der Waals surface area contributed by atoms with E-state index in [0.717, 1.165) is 38.6 Å². The monoisotopic (exact) mass is 274 g/mol. The molecule has 0 bridgehead atoms. The summed E-state index contributed by atoms with van der Waals surface area (Å²) in [6.45, 7) is 5.42. The first-order valence-electron chi connectivity index (χ1n) is 7.64. The Hall–Kier alpha value is -1.16. The second kappa shape index (κ2) is 8.90. The molecule has 2 N–H and O–H groups in total. The van der Waals surface area contributed by atoms with E-state index in [9.17, 15) is 0 Å². The first-order chi connectivity index (χ1) is 9.88. The molecular weight excluding hydrogens is 248 g/mol. The van der Waals surface area contributed by atoms with Crippen molar-refractivity contribution in [2.24, 2.45) is 5.92 Å². The Morgan fingerprint density at radius 1 is 1.20 bits per heavy atom. The standard InChI is InChI=1S/C17H26N2O/c20-14-13-19-11-8-17(9-12-19)15-18-10-4-7-16-5-2-1-3-6-16/h1-7,17-18,20H,8-15H2. The molecule has 0 atom stereocenters. The van der Waals surface area contributed by atoms with Crippen molar-refractivity contribution in [1.29, 1.82) is 0 Å². The molecule has 0 saturated carbocycles. The van der Waals surface area contributed by atoms with Gasteiger partial charge in [0.2, 0.25) is 0 Å². The van der Waals surface area contributed by atoms with Crippen LogP contribution in [-0.2, 0) is 0 Å². The summed E-state index contributed by atoms with van der Waals surface area (Å²) in [7, 11) is 0. The summed E-state index contributed by atoms with van der Waals surface area (Å²) in [6, 6.07) is 10.4. The summed E-state index contributed by atoms with van der Waals surface area (Å²) in [5.41, 5.74) is 1.26. The molecule has 3 nitrogen and oxygen atoms in total. The van der Waals surface area contributed by atoms with Crippen LogP contribution in [0.15, 0.2) is 36.4 Å². The maximum atomic E-state index is 8.92. The number of piperidine rings is 1. The zero-order valence-electron chi connectivity index (χ0n) is 12.2. The molecule has 0 aromatic heterocycles. The van der Waals surface area contributed by atoms with Gasteiger partial charge in [-0.25, -0.2) is 0 Å². The Kier molecular flexibility index (Phi) is 6.78. The molecule has 1 aliphatic rings. The summed E-state index contributed by atoms with van der Waals surface area (Å²) in [5, 5.41) is 12.4. The molecule has 1 fully saturated rings. The highest BCUT2D eigenvalue weighted by Crippen LogP contribution is 2.15. The van der Waals surface area contributed by atoms with Gasteiger partial charge < -0.3 is 15.3 Å². The molecule has 20 heavy (non-hydrogen) atoms. The number of nitrogens with one attached hydrogen (secondary N) is 1. The predicted octanol–water partition coefficient (Wildman–Crippen LogP) is 1.99. The maximum Gasteiger partial charge on any atom is 0.0558 e. The molecule has 1 aliphatic heterocycles. The Morgan fingerprint density at radius 3 is 2.65 bits per heavy atom. The number of aliphatic hydroxyl groups is 1. The lowest BCUT2D eigenvalue weighted by atomic mass is 9.97. The van der Waals surface area contributed by atoms with Crippen molar-refractivity contribution >= 4 is 6.08 Å². The van der Waals surface area contributed by atoms with Gasteiger partial charge in [0.25, 0.3) is 0 Å². The molecule has 0 unspecified atom stereocenters. The number of benzene rings is 1. The van der Waals surface area contributed by atoms with Crippen LogP contribution < -0.4 is 5.32 Å². The number of hydrogen-bond acceptors (Lipinski definition) is 3. The molecule has 0 spiro atoms. The Balaban J connectivity index is 1.57. The molecule has 0 aliphatic carbocycles. The smallest absolute Gasteiger partial charge is 0.0558 e. The van der Waals surface area contributed by atoms with Crippen LogP contribution in [0.2, 0.25) is 0 Å². The van der Waals surface area contributed by atoms with Crippen molar-refractivity contribution < 1.29 is 5.11 Å². The zero-order valence-corrected chi connectivity index (χ0v) is 12.2. The number of likely N-dealkylation sites (tertiary alicyclic amines) is 1. The average molecular weight is 274 g/mol. The lowest BCUT2D eigenvalue weighted by Gasteiger charge is -2.31. The Labute approximate surface area is 122 Å². The minimum Gasteiger partial charge on any atom is -0.395 e. The number of β-amino-alcohol motifs (C(OH)–C–C–N with tert-alkyl or cyclic N) is 1. The lowest BCUT2D eigenvalue weighted by molar-refractivity contribution is 0.147. The van der Waals surface area contributed by atoms with E-state index in [1.165, 1.54) is 18.4 Å². The van der Waals surface area contributed by atoms with Crippen LogP contribution in [0, 0.1) is 5.92 Å². The molecule has 1 aromatic carbocycles. The van der Waals surface area contributed by atoms with E-state index in [4.69, 9.17) is 5.11 Å². The van der Waals surface area contributed by atoms with Crippen LogP contribution in [0.1, 0.15) is 18.4 Å². The van der Waals surface area contributed by atoms with E-state index in [1.54, 1.807) is 0 Å². The molecule has 110 valence electrons. The number of nitrogens with zero attached hydrogens (tertiary/aromatic N) is 1. The third-order valence-electron chi connectivity index (χ3n) is 3.93. The Bertz CT molecular complexity index is 383. The fraction of sp³-hybridized carbons (Fsp3) is 0.529. The second-order valence-corrected chi connectivity index (χ2v) is 5.48. The van der Waals surface area contributed by atoms with Gasteiger partial charge in [-0.2, -0.15) is 0 Å². The van der Waals surface area contributed by atoms with E-state index in [1.807, 2.05) is 6.07 Å². The van der Waals surface area contributed by atoms with E-state index in [2.05, 4.69) is 46.6 Å². The molecular formula is C17H26N2O. The van der Waals surface area contributed by atoms with E-state index >= 15 is 0 Å². The van der Waals surface area contributed by atoms with Crippen LogP contribution in [0.4, 0.5) is 0 Å². The molecule has 1 heterocycles. The number of hydrogen-bond donors (Lipinski definition) is 2. The zero-order chi connectivity index (χ0) is 14.0. The Morgan fingerprint density at radius 2 is 1.95 bits per heavy atom. The highest BCUT2D eigenvalue weighted by molar-refractivity contribution is 5.48. The van der Waals surface area contributed by atoms with Gasteiger partial charge in [0.1, 0.15) is 0 Å². The SMILES string of the molecule is OCCN1CCC(CNCC=Cc2ccccc2)CC1. The van der Waals surface area contributed by atoms with Crippen LogP contribution in [0.25, 0.3) is 6.08 Å². The molecule has 2 rings (SSSR count). The van der Waals surface area contributed by atoms with Crippen molar-refractivity contribution in [2.45, 2.75) is 12.8 Å². The maximum absolute atomic E-state index is 8.92. The van der Waals surface area contributed by atoms with Crippen molar-refractivity contribution in [3.8, 4) is 0 Å². The summed E-state index contributed by atoms with van der Waals surface area (Å²) in [6.07, 6.45) is 6.85. The quantitative estimate of drug-likeness (QED) is 0.747. The van der Waals surface area contributed by atoms with E-state index in [0.29, 0.717) is 0 Å². The first-order valence-corrected chi connectivity index (χ1v) is 7.64. The molecule has 1 aromatic rings.